The number of ether oxygens (including phenoxy) is 1. The van der Waals surface area contributed by atoms with Gasteiger partial charge in [-0.3, -0.25) is 0 Å². The first-order valence-electron chi connectivity index (χ1n) is 7.21. The summed E-state index contributed by atoms with van der Waals surface area (Å²) in [6.07, 6.45) is -2.56. The molecule has 0 aliphatic rings. The lowest BCUT2D eigenvalue weighted by molar-refractivity contribution is -0.135. The third-order valence-corrected chi connectivity index (χ3v) is 3.52. The molecule has 2 aromatic rings. The van der Waals surface area contributed by atoms with E-state index in [0.717, 1.165) is 13.2 Å². The second kappa shape index (κ2) is 8.03. The summed E-state index contributed by atoms with van der Waals surface area (Å²) < 4.78 is 45.0. The highest BCUT2D eigenvalue weighted by molar-refractivity contribution is 6.30. The number of hydrogen-bond acceptors (Lipinski definition) is 2. The minimum absolute atomic E-state index is 0.0455. The van der Waals surface area contributed by atoms with Crippen LogP contribution in [-0.4, -0.2) is 19.3 Å². The number of halogens is 4. The number of rotatable bonds is 4. The molecule has 0 amide bonds. The first kappa shape index (κ1) is 18.8. The summed E-state index contributed by atoms with van der Waals surface area (Å²) in [6.45, 7) is 0. The number of alkyl halides is 3. The Kier molecular flexibility index (Phi) is 6.04. The van der Waals surface area contributed by atoms with E-state index in [0.29, 0.717) is 10.6 Å². The molecular weight excluding hydrogens is 353 g/mol. The fourth-order valence-electron chi connectivity index (χ4n) is 2.16. The lowest BCUT2D eigenvalue weighted by Crippen LogP contribution is -2.13. The van der Waals surface area contributed by atoms with Crippen molar-refractivity contribution >= 4 is 29.2 Å². The highest BCUT2D eigenvalue weighted by Crippen LogP contribution is 2.35. The van der Waals surface area contributed by atoms with Gasteiger partial charge >= 0.3 is 12.1 Å². The van der Waals surface area contributed by atoms with Gasteiger partial charge in [0.2, 0.25) is 0 Å². The monoisotopic (exact) mass is 366 g/mol. The molecule has 0 saturated heterocycles. The second-order valence-electron chi connectivity index (χ2n) is 5.07. The zero-order valence-electron chi connectivity index (χ0n) is 13.2. The molecule has 2 rings (SSSR count). The molecule has 2 aromatic carbocycles. The van der Waals surface area contributed by atoms with E-state index in [1.54, 1.807) is 24.3 Å². The van der Waals surface area contributed by atoms with E-state index in [1.165, 1.54) is 36.4 Å². The second-order valence-corrected chi connectivity index (χ2v) is 5.50. The van der Waals surface area contributed by atoms with E-state index in [2.05, 4.69) is 4.74 Å². The minimum Gasteiger partial charge on any atom is -0.465 e. The Balaban J connectivity index is 2.59. The van der Waals surface area contributed by atoms with Crippen LogP contribution in [0.25, 0.3) is 11.6 Å². The van der Waals surface area contributed by atoms with Gasteiger partial charge in [-0.2, -0.15) is 13.2 Å². The standard InChI is InChI=1S/C19H14ClF3O2/c1-25-18(24)15(10-13-6-5-9-16(20)11-13)12-17(19(21,22)23)14-7-3-2-4-8-14/h2-12H,1H3/b15-10+,17-12+. The average Bonchev–Trinajstić information content (AvgIpc) is 2.57. The number of benzene rings is 2. The Labute approximate surface area is 148 Å². The van der Waals surface area contributed by atoms with E-state index >= 15 is 0 Å². The molecule has 0 aliphatic carbocycles. The van der Waals surface area contributed by atoms with Gasteiger partial charge in [-0.05, 0) is 35.4 Å². The van der Waals surface area contributed by atoms with Crippen LogP contribution in [0.1, 0.15) is 11.1 Å². The maximum absolute atomic E-state index is 13.5. The highest BCUT2D eigenvalue weighted by atomic mass is 35.5. The van der Waals surface area contributed by atoms with Crippen molar-refractivity contribution in [2.45, 2.75) is 6.18 Å². The first-order chi connectivity index (χ1) is 11.8. The summed E-state index contributed by atoms with van der Waals surface area (Å²) in [5.41, 5.74) is -0.734. The molecule has 0 unspecified atom stereocenters. The number of carbonyl (C=O) groups excluding carboxylic acids is 1. The van der Waals surface area contributed by atoms with E-state index in [1.807, 2.05) is 0 Å². The van der Waals surface area contributed by atoms with Crippen LogP contribution in [0.3, 0.4) is 0 Å². The third-order valence-electron chi connectivity index (χ3n) is 3.28. The lowest BCUT2D eigenvalue weighted by Gasteiger charge is -2.13. The van der Waals surface area contributed by atoms with E-state index in [-0.39, 0.29) is 11.1 Å². The molecule has 6 heteroatoms. The Morgan fingerprint density at radius 3 is 2.32 bits per heavy atom. The summed E-state index contributed by atoms with van der Waals surface area (Å²) in [7, 11) is 1.11. The smallest absolute Gasteiger partial charge is 0.417 e. The van der Waals surface area contributed by atoms with Crippen molar-refractivity contribution in [3.05, 3.63) is 82.4 Å². The van der Waals surface area contributed by atoms with Crippen molar-refractivity contribution in [1.29, 1.82) is 0 Å². The van der Waals surface area contributed by atoms with Crippen LogP contribution in [0.5, 0.6) is 0 Å². The van der Waals surface area contributed by atoms with Crippen LogP contribution in [0.4, 0.5) is 13.2 Å². The summed E-state index contributed by atoms with van der Waals surface area (Å²) >= 11 is 5.88. The van der Waals surface area contributed by atoms with Gasteiger partial charge in [0, 0.05) is 5.02 Å². The maximum atomic E-state index is 13.5. The Bertz CT molecular complexity index is 809. The molecule has 0 radical (unpaired) electrons. The number of esters is 1. The Hall–Kier alpha value is -2.53. The van der Waals surface area contributed by atoms with Gasteiger partial charge in [0.15, 0.2) is 0 Å². The first-order valence-corrected chi connectivity index (χ1v) is 7.59. The van der Waals surface area contributed by atoms with Crippen LogP contribution in [0.2, 0.25) is 5.02 Å². The van der Waals surface area contributed by atoms with Crippen molar-refractivity contribution in [1.82, 2.24) is 0 Å². The van der Waals surface area contributed by atoms with E-state index < -0.39 is 17.7 Å². The van der Waals surface area contributed by atoms with Crippen LogP contribution in [0.15, 0.2) is 66.2 Å². The number of carbonyl (C=O) groups is 1. The number of methoxy groups -OCH3 is 1. The Morgan fingerprint density at radius 2 is 1.76 bits per heavy atom. The largest absolute Gasteiger partial charge is 0.465 e. The van der Waals surface area contributed by atoms with E-state index in [9.17, 15) is 18.0 Å². The summed E-state index contributed by atoms with van der Waals surface area (Å²) in [4.78, 5) is 12.0. The predicted octanol–water partition coefficient (Wildman–Crippen LogP) is 5.54. The lowest BCUT2D eigenvalue weighted by atomic mass is 10.0. The normalized spacial score (nSPS) is 12.8. The van der Waals surface area contributed by atoms with Gasteiger partial charge in [-0.25, -0.2) is 4.79 Å². The van der Waals surface area contributed by atoms with Crippen molar-refractivity contribution in [2.24, 2.45) is 0 Å². The zero-order valence-corrected chi connectivity index (χ0v) is 13.9. The molecule has 0 aliphatic heterocycles. The molecule has 0 fully saturated rings. The van der Waals surface area contributed by atoms with Crippen molar-refractivity contribution in [3.8, 4) is 0 Å². The van der Waals surface area contributed by atoms with Gasteiger partial charge in [-0.15, -0.1) is 0 Å². The van der Waals surface area contributed by atoms with Gasteiger partial charge < -0.3 is 4.74 Å². The van der Waals surface area contributed by atoms with Crippen molar-refractivity contribution < 1.29 is 22.7 Å². The topological polar surface area (TPSA) is 26.3 Å². The molecule has 25 heavy (non-hydrogen) atoms. The number of allylic oxidation sites excluding steroid dienone is 1. The third kappa shape index (κ3) is 5.22. The average molecular weight is 367 g/mol. The van der Waals surface area contributed by atoms with Gasteiger partial charge in [0.25, 0.3) is 0 Å². The van der Waals surface area contributed by atoms with Gasteiger partial charge in [-0.1, -0.05) is 54.1 Å². The van der Waals surface area contributed by atoms with Crippen LogP contribution in [0, 0.1) is 0 Å². The van der Waals surface area contributed by atoms with Gasteiger partial charge in [0.1, 0.15) is 0 Å². The predicted molar refractivity (Wildman–Crippen MR) is 91.9 cm³/mol. The van der Waals surface area contributed by atoms with Crippen LogP contribution in [-0.2, 0) is 9.53 Å². The Morgan fingerprint density at radius 1 is 1.08 bits per heavy atom. The zero-order chi connectivity index (χ0) is 18.4. The van der Waals surface area contributed by atoms with Crippen LogP contribution < -0.4 is 0 Å². The molecule has 0 atom stereocenters. The molecule has 130 valence electrons. The summed E-state index contributed by atoms with van der Waals surface area (Å²) in [6, 6.07) is 13.7. The number of hydrogen-bond donors (Lipinski definition) is 0. The molecule has 0 aromatic heterocycles. The molecule has 2 nitrogen and oxygen atoms in total. The quantitative estimate of drug-likeness (QED) is 0.403. The SMILES string of the molecule is COC(=O)C(=C/c1cccc(Cl)c1)/C=C(\c1ccccc1)C(F)(F)F. The minimum atomic E-state index is -4.64. The van der Waals surface area contributed by atoms with Crippen LogP contribution >= 0.6 is 11.6 Å². The molecule has 0 bridgehead atoms. The maximum Gasteiger partial charge on any atom is 0.417 e. The molecule has 0 heterocycles. The molecule has 0 saturated carbocycles. The molecule has 0 N–H and O–H groups in total. The van der Waals surface area contributed by atoms with E-state index in [4.69, 9.17) is 11.6 Å². The molecule has 0 spiro atoms. The summed E-state index contributed by atoms with van der Waals surface area (Å²) in [5, 5.41) is 0.404. The highest BCUT2D eigenvalue weighted by Gasteiger charge is 2.35. The van der Waals surface area contributed by atoms with Crippen molar-refractivity contribution in [3.63, 3.8) is 0 Å². The van der Waals surface area contributed by atoms with Crippen molar-refractivity contribution in [2.75, 3.05) is 7.11 Å². The van der Waals surface area contributed by atoms with Gasteiger partial charge in [0.05, 0.1) is 18.3 Å². The summed E-state index contributed by atoms with van der Waals surface area (Å²) in [5.74, 6) is -0.877. The molecular formula is C19H14ClF3O2. The fraction of sp³-hybridized carbons (Fsp3) is 0.105. The fourth-order valence-corrected chi connectivity index (χ4v) is 2.35.